The summed E-state index contributed by atoms with van der Waals surface area (Å²) in [5.41, 5.74) is 3.37. The van der Waals surface area contributed by atoms with Gasteiger partial charge in [-0.3, -0.25) is 0 Å². The fourth-order valence-corrected chi connectivity index (χ4v) is 3.64. The molecule has 27 heavy (non-hydrogen) atoms. The van der Waals surface area contributed by atoms with Gasteiger partial charge < -0.3 is 9.42 Å². The van der Waals surface area contributed by atoms with E-state index in [0.29, 0.717) is 17.9 Å². The predicted octanol–water partition coefficient (Wildman–Crippen LogP) is 5.41. The second-order valence-corrected chi connectivity index (χ2v) is 7.33. The minimum atomic E-state index is 0. The summed E-state index contributed by atoms with van der Waals surface area (Å²) in [6, 6.07) is 19.3. The summed E-state index contributed by atoms with van der Waals surface area (Å²) in [6.45, 7) is 6.68. The van der Waals surface area contributed by atoms with Gasteiger partial charge in [-0.05, 0) is 56.5 Å². The van der Waals surface area contributed by atoms with Gasteiger partial charge in [-0.2, -0.15) is 4.98 Å². The van der Waals surface area contributed by atoms with Gasteiger partial charge in [-0.1, -0.05) is 47.6 Å². The summed E-state index contributed by atoms with van der Waals surface area (Å²) in [4.78, 5) is 7.19. The van der Waals surface area contributed by atoms with Gasteiger partial charge in [0.2, 0.25) is 0 Å². The first-order chi connectivity index (χ1) is 12.7. The van der Waals surface area contributed by atoms with Crippen molar-refractivity contribution in [1.29, 1.82) is 0 Å². The van der Waals surface area contributed by atoms with Crippen LogP contribution in [0, 0.1) is 0 Å². The largest absolute Gasteiger partial charge is 0.334 e. The van der Waals surface area contributed by atoms with E-state index in [1.807, 2.05) is 6.07 Å². The lowest BCUT2D eigenvalue weighted by atomic mass is 9.96. The lowest BCUT2D eigenvalue weighted by molar-refractivity contribution is 0.163. The molecule has 142 valence electrons. The van der Waals surface area contributed by atoms with Crippen LogP contribution in [0.3, 0.4) is 0 Å². The maximum absolute atomic E-state index is 5.57. The van der Waals surface area contributed by atoms with Gasteiger partial charge in [-0.25, -0.2) is 0 Å². The first-order valence-corrected chi connectivity index (χ1v) is 9.44. The molecule has 1 aromatic heterocycles. The molecule has 4 nitrogen and oxygen atoms in total. The molecule has 3 aromatic rings. The van der Waals surface area contributed by atoms with Crippen LogP contribution in [0.15, 0.2) is 59.1 Å². The number of nitrogens with zero attached hydrogens (tertiary/aromatic N) is 3. The standard InChI is InChI=1S/C22H25N3O.ClH/c1-16(2)25-14-6-9-20(15-25)21-23-22(26-24-21)19-12-10-18(11-13-19)17-7-4-3-5-8-17;/h3-5,7-8,10-13,16,20H,6,9,14-15H2,1-2H3;1H. The average molecular weight is 384 g/mol. The molecule has 1 saturated heterocycles. The molecular formula is C22H26ClN3O. The van der Waals surface area contributed by atoms with Crippen LogP contribution in [-0.4, -0.2) is 34.2 Å². The zero-order valence-electron chi connectivity index (χ0n) is 15.8. The van der Waals surface area contributed by atoms with Crippen LogP contribution in [0.25, 0.3) is 22.6 Å². The van der Waals surface area contributed by atoms with E-state index in [9.17, 15) is 0 Å². The molecular weight excluding hydrogens is 358 g/mol. The van der Waals surface area contributed by atoms with Crippen LogP contribution in [-0.2, 0) is 0 Å². The summed E-state index contributed by atoms with van der Waals surface area (Å²) in [5.74, 6) is 1.83. The highest BCUT2D eigenvalue weighted by Gasteiger charge is 2.26. The van der Waals surface area contributed by atoms with E-state index in [-0.39, 0.29) is 12.4 Å². The van der Waals surface area contributed by atoms with Crippen molar-refractivity contribution in [2.75, 3.05) is 13.1 Å². The molecule has 0 saturated carbocycles. The van der Waals surface area contributed by atoms with E-state index in [1.165, 1.54) is 24.1 Å². The Hall–Kier alpha value is -2.17. The fourth-order valence-electron chi connectivity index (χ4n) is 3.64. The second kappa shape index (κ2) is 8.68. The van der Waals surface area contributed by atoms with Crippen LogP contribution in [0.5, 0.6) is 0 Å². The van der Waals surface area contributed by atoms with E-state index in [0.717, 1.165) is 24.4 Å². The van der Waals surface area contributed by atoms with E-state index in [1.54, 1.807) is 0 Å². The van der Waals surface area contributed by atoms with E-state index in [4.69, 9.17) is 9.51 Å². The van der Waals surface area contributed by atoms with Gasteiger partial charge in [0.25, 0.3) is 5.89 Å². The van der Waals surface area contributed by atoms with Crippen LogP contribution in [0.4, 0.5) is 0 Å². The number of hydrogen-bond donors (Lipinski definition) is 0. The molecule has 0 bridgehead atoms. The highest BCUT2D eigenvalue weighted by atomic mass is 35.5. The lowest BCUT2D eigenvalue weighted by Gasteiger charge is -2.34. The molecule has 0 amide bonds. The number of benzene rings is 2. The van der Waals surface area contributed by atoms with Gasteiger partial charge in [0.05, 0.1) is 0 Å². The minimum Gasteiger partial charge on any atom is -0.334 e. The Morgan fingerprint density at radius 3 is 2.33 bits per heavy atom. The third kappa shape index (κ3) is 4.40. The Balaban J connectivity index is 0.00000210. The molecule has 0 spiro atoms. The van der Waals surface area contributed by atoms with Crippen LogP contribution < -0.4 is 0 Å². The topological polar surface area (TPSA) is 42.2 Å². The molecule has 0 radical (unpaired) electrons. The quantitative estimate of drug-likeness (QED) is 0.603. The number of aromatic nitrogens is 2. The molecule has 1 atom stereocenters. The summed E-state index contributed by atoms with van der Waals surface area (Å²) in [6.07, 6.45) is 2.33. The first-order valence-electron chi connectivity index (χ1n) is 9.44. The molecule has 0 N–H and O–H groups in total. The number of hydrogen-bond acceptors (Lipinski definition) is 4. The number of halogens is 1. The van der Waals surface area contributed by atoms with Crippen molar-refractivity contribution in [1.82, 2.24) is 15.0 Å². The van der Waals surface area contributed by atoms with E-state index in [2.05, 4.69) is 72.4 Å². The lowest BCUT2D eigenvalue weighted by Crippen LogP contribution is -2.39. The molecule has 1 unspecified atom stereocenters. The third-order valence-corrected chi connectivity index (χ3v) is 5.23. The molecule has 0 aliphatic carbocycles. The first kappa shape index (κ1) is 19.6. The summed E-state index contributed by atoms with van der Waals surface area (Å²) < 4.78 is 5.57. The van der Waals surface area contributed by atoms with Crippen molar-refractivity contribution in [3.8, 4) is 22.6 Å². The van der Waals surface area contributed by atoms with Crippen molar-refractivity contribution in [3.63, 3.8) is 0 Å². The smallest absolute Gasteiger partial charge is 0.257 e. The summed E-state index contributed by atoms with van der Waals surface area (Å²) in [5, 5.41) is 4.28. The summed E-state index contributed by atoms with van der Waals surface area (Å²) in [7, 11) is 0. The number of rotatable bonds is 4. The van der Waals surface area contributed by atoms with Gasteiger partial charge in [0, 0.05) is 24.1 Å². The van der Waals surface area contributed by atoms with E-state index < -0.39 is 0 Å². The normalized spacial score (nSPS) is 17.7. The predicted molar refractivity (Wildman–Crippen MR) is 111 cm³/mol. The highest BCUT2D eigenvalue weighted by Crippen LogP contribution is 2.29. The maximum Gasteiger partial charge on any atom is 0.257 e. The van der Waals surface area contributed by atoms with Crippen molar-refractivity contribution >= 4 is 12.4 Å². The average Bonchev–Trinajstić information content (AvgIpc) is 3.19. The molecule has 4 rings (SSSR count). The van der Waals surface area contributed by atoms with Crippen molar-refractivity contribution in [2.45, 2.75) is 38.6 Å². The Morgan fingerprint density at radius 1 is 0.963 bits per heavy atom. The van der Waals surface area contributed by atoms with Crippen molar-refractivity contribution in [3.05, 3.63) is 60.4 Å². The Morgan fingerprint density at radius 2 is 1.63 bits per heavy atom. The zero-order chi connectivity index (χ0) is 17.9. The third-order valence-electron chi connectivity index (χ3n) is 5.23. The van der Waals surface area contributed by atoms with Crippen molar-refractivity contribution < 1.29 is 4.52 Å². The molecule has 5 heteroatoms. The van der Waals surface area contributed by atoms with Gasteiger partial charge in [0.15, 0.2) is 5.82 Å². The van der Waals surface area contributed by atoms with Gasteiger partial charge >= 0.3 is 0 Å². The monoisotopic (exact) mass is 383 g/mol. The van der Waals surface area contributed by atoms with Crippen LogP contribution in [0.2, 0.25) is 0 Å². The van der Waals surface area contributed by atoms with Gasteiger partial charge in [0.1, 0.15) is 0 Å². The Labute approximate surface area is 167 Å². The van der Waals surface area contributed by atoms with Crippen LogP contribution >= 0.6 is 12.4 Å². The van der Waals surface area contributed by atoms with Gasteiger partial charge in [-0.15, -0.1) is 12.4 Å². The number of piperidine rings is 1. The zero-order valence-corrected chi connectivity index (χ0v) is 16.7. The molecule has 2 aromatic carbocycles. The molecule has 1 fully saturated rings. The molecule has 1 aliphatic rings. The molecule has 2 heterocycles. The highest BCUT2D eigenvalue weighted by molar-refractivity contribution is 5.85. The van der Waals surface area contributed by atoms with Crippen LogP contribution in [0.1, 0.15) is 38.4 Å². The second-order valence-electron chi connectivity index (χ2n) is 7.33. The number of likely N-dealkylation sites (tertiary alicyclic amines) is 1. The Bertz CT molecular complexity index is 846. The SMILES string of the molecule is CC(C)N1CCCC(c2noc(-c3ccc(-c4ccccc4)cc3)n2)C1.Cl. The minimum absolute atomic E-state index is 0. The van der Waals surface area contributed by atoms with E-state index >= 15 is 0 Å². The fraction of sp³-hybridized carbons (Fsp3) is 0.364. The Kier molecular flexibility index (Phi) is 6.30. The molecule has 1 aliphatic heterocycles. The van der Waals surface area contributed by atoms with Crippen molar-refractivity contribution in [2.24, 2.45) is 0 Å². The maximum atomic E-state index is 5.57. The summed E-state index contributed by atoms with van der Waals surface area (Å²) >= 11 is 0.